The Morgan fingerprint density at radius 1 is 1.19 bits per heavy atom. The highest BCUT2D eigenvalue weighted by Gasteiger charge is 2.26. The Balaban J connectivity index is 2.31. The number of aromatic nitrogens is 2. The number of hydrogen-bond donors (Lipinski definition) is 1. The number of nitrogens with one attached hydrogen (secondary N) is 1. The van der Waals surface area contributed by atoms with Gasteiger partial charge in [0, 0.05) is 6.07 Å². The number of rotatable bonds is 4. The zero-order valence-electron chi connectivity index (χ0n) is 17.8. The van der Waals surface area contributed by atoms with Gasteiger partial charge in [-0.2, -0.15) is 0 Å². The third kappa shape index (κ3) is 4.88. The largest absolute Gasteiger partial charge is 0.444 e. The van der Waals surface area contributed by atoms with Gasteiger partial charge in [-0.1, -0.05) is 18.5 Å². The number of alkyl carbamates (subject to hydrolysis) is 1. The lowest BCUT2D eigenvalue weighted by Crippen LogP contribution is -2.38. The first-order chi connectivity index (χ1) is 14.9. The molecule has 1 amide bonds. The van der Waals surface area contributed by atoms with Crippen molar-refractivity contribution in [3.8, 4) is 5.69 Å². The number of benzene rings is 2. The second-order valence-corrected chi connectivity index (χ2v) is 8.51. The number of halogens is 4. The molecule has 1 N–H and O–H groups in total. The lowest BCUT2D eigenvalue weighted by Gasteiger charge is -2.25. The van der Waals surface area contributed by atoms with Crippen LogP contribution in [0.15, 0.2) is 35.1 Å². The zero-order valence-corrected chi connectivity index (χ0v) is 18.6. The van der Waals surface area contributed by atoms with Crippen LogP contribution < -0.4 is 10.9 Å². The minimum absolute atomic E-state index is 0.00411. The lowest BCUT2D eigenvalue weighted by atomic mass is 10.1. The van der Waals surface area contributed by atoms with Crippen LogP contribution in [0.5, 0.6) is 0 Å². The van der Waals surface area contributed by atoms with E-state index in [1.54, 1.807) is 27.7 Å². The van der Waals surface area contributed by atoms with Gasteiger partial charge in [0.05, 0.1) is 22.3 Å². The van der Waals surface area contributed by atoms with Crippen molar-refractivity contribution >= 4 is 28.6 Å². The monoisotopic (exact) mass is 467 g/mol. The number of nitrogens with zero attached hydrogens (tertiary/aromatic N) is 2. The van der Waals surface area contributed by atoms with Gasteiger partial charge in [0.15, 0.2) is 0 Å². The van der Waals surface area contributed by atoms with E-state index in [2.05, 4.69) is 10.3 Å². The summed E-state index contributed by atoms with van der Waals surface area (Å²) in [6.45, 7) is 6.73. The summed E-state index contributed by atoms with van der Waals surface area (Å²) < 4.78 is 48.6. The van der Waals surface area contributed by atoms with Gasteiger partial charge in [-0.05, 0) is 51.5 Å². The summed E-state index contributed by atoms with van der Waals surface area (Å²) in [5.41, 5.74) is -2.08. The molecule has 0 bridgehead atoms. The second-order valence-electron chi connectivity index (χ2n) is 8.10. The molecule has 170 valence electrons. The molecule has 0 fully saturated rings. The van der Waals surface area contributed by atoms with Crippen LogP contribution in [0, 0.1) is 17.5 Å². The summed E-state index contributed by atoms with van der Waals surface area (Å²) in [6.07, 6.45) is -0.567. The molecule has 0 aliphatic rings. The van der Waals surface area contributed by atoms with Crippen LogP contribution in [-0.2, 0) is 4.74 Å². The molecular formula is C22H21ClF3N3O3. The van der Waals surface area contributed by atoms with E-state index in [4.69, 9.17) is 16.3 Å². The minimum Gasteiger partial charge on any atom is -0.444 e. The molecule has 1 heterocycles. The molecule has 1 aromatic heterocycles. The summed E-state index contributed by atoms with van der Waals surface area (Å²) in [5, 5.41) is 2.16. The first-order valence-corrected chi connectivity index (χ1v) is 10.2. The molecule has 0 radical (unpaired) electrons. The average molecular weight is 468 g/mol. The predicted octanol–water partition coefficient (Wildman–Crippen LogP) is 5.43. The Kier molecular flexibility index (Phi) is 6.50. The molecule has 0 saturated carbocycles. The maximum Gasteiger partial charge on any atom is 0.408 e. The molecule has 0 saturated heterocycles. The van der Waals surface area contributed by atoms with E-state index in [1.165, 1.54) is 6.07 Å². The van der Waals surface area contributed by atoms with Gasteiger partial charge >= 0.3 is 6.09 Å². The molecule has 0 aliphatic heterocycles. The molecule has 10 heteroatoms. The number of fused-ring (bicyclic) bond motifs is 1. The molecule has 0 aliphatic carbocycles. The number of hydrogen-bond acceptors (Lipinski definition) is 4. The summed E-state index contributed by atoms with van der Waals surface area (Å²) in [6, 6.07) is 3.77. The van der Waals surface area contributed by atoms with Crippen molar-refractivity contribution in [2.24, 2.45) is 0 Å². The van der Waals surface area contributed by atoms with Crippen molar-refractivity contribution in [1.29, 1.82) is 0 Å². The molecule has 32 heavy (non-hydrogen) atoms. The van der Waals surface area contributed by atoms with E-state index < -0.39 is 46.1 Å². The lowest BCUT2D eigenvalue weighted by molar-refractivity contribution is 0.0499. The third-order valence-electron chi connectivity index (χ3n) is 4.47. The summed E-state index contributed by atoms with van der Waals surface area (Å²) >= 11 is 6.15. The molecule has 1 unspecified atom stereocenters. The summed E-state index contributed by atoms with van der Waals surface area (Å²) in [5.74, 6) is -2.88. The number of carbonyl (C=O) groups is 1. The Bertz CT molecular complexity index is 1230. The molecular weight excluding hydrogens is 447 g/mol. The van der Waals surface area contributed by atoms with Gasteiger partial charge in [-0.15, -0.1) is 0 Å². The zero-order chi connectivity index (χ0) is 23.8. The van der Waals surface area contributed by atoms with Crippen LogP contribution in [0.2, 0.25) is 5.02 Å². The van der Waals surface area contributed by atoms with Crippen molar-refractivity contribution in [2.75, 3.05) is 0 Å². The Morgan fingerprint density at radius 2 is 1.81 bits per heavy atom. The van der Waals surface area contributed by atoms with Crippen molar-refractivity contribution in [2.45, 2.75) is 45.8 Å². The highest BCUT2D eigenvalue weighted by Crippen LogP contribution is 2.27. The molecule has 3 aromatic rings. The van der Waals surface area contributed by atoms with E-state index in [0.717, 1.165) is 22.8 Å². The maximum atomic E-state index is 14.5. The second kappa shape index (κ2) is 8.82. The molecule has 6 nitrogen and oxygen atoms in total. The van der Waals surface area contributed by atoms with Crippen LogP contribution in [-0.4, -0.2) is 21.2 Å². The van der Waals surface area contributed by atoms with Crippen molar-refractivity contribution < 1.29 is 22.7 Å². The fourth-order valence-corrected chi connectivity index (χ4v) is 3.38. The first-order valence-electron chi connectivity index (χ1n) is 9.78. The normalized spacial score (nSPS) is 12.6. The van der Waals surface area contributed by atoms with E-state index in [-0.39, 0.29) is 28.5 Å². The molecule has 1 atom stereocenters. The fraction of sp³-hybridized carbons (Fsp3) is 0.318. The van der Waals surface area contributed by atoms with Crippen LogP contribution in [0.4, 0.5) is 18.0 Å². The SMILES string of the molecule is CCC(NC(=O)OC(C)(C)C)c1nc2c(Cl)ccc(F)c2c(=O)n1-c1cc(F)cc(F)c1. The summed E-state index contributed by atoms with van der Waals surface area (Å²) in [7, 11) is 0. The van der Waals surface area contributed by atoms with Gasteiger partial charge in [0.25, 0.3) is 5.56 Å². The third-order valence-corrected chi connectivity index (χ3v) is 4.77. The van der Waals surface area contributed by atoms with E-state index >= 15 is 0 Å². The Morgan fingerprint density at radius 3 is 2.38 bits per heavy atom. The quantitative estimate of drug-likeness (QED) is 0.555. The summed E-state index contributed by atoms with van der Waals surface area (Å²) in [4.78, 5) is 30.0. The van der Waals surface area contributed by atoms with Gasteiger partial charge in [-0.3, -0.25) is 9.36 Å². The number of carbonyl (C=O) groups excluding carboxylic acids is 1. The predicted molar refractivity (Wildman–Crippen MR) is 115 cm³/mol. The van der Waals surface area contributed by atoms with Crippen molar-refractivity contribution in [1.82, 2.24) is 14.9 Å². The van der Waals surface area contributed by atoms with Crippen LogP contribution >= 0.6 is 11.6 Å². The van der Waals surface area contributed by atoms with Crippen molar-refractivity contribution in [3.63, 3.8) is 0 Å². The fourth-order valence-electron chi connectivity index (χ4n) is 3.18. The minimum atomic E-state index is -0.947. The first kappa shape index (κ1) is 23.6. The molecule has 0 spiro atoms. The van der Waals surface area contributed by atoms with Crippen LogP contribution in [0.1, 0.15) is 46.0 Å². The van der Waals surface area contributed by atoms with Gasteiger partial charge in [0.1, 0.15) is 34.3 Å². The number of amides is 1. The van der Waals surface area contributed by atoms with E-state index in [1.807, 2.05) is 0 Å². The van der Waals surface area contributed by atoms with Crippen molar-refractivity contribution in [3.05, 3.63) is 69.0 Å². The smallest absolute Gasteiger partial charge is 0.408 e. The molecule has 3 rings (SSSR count). The Labute approximate surface area is 187 Å². The average Bonchev–Trinajstić information content (AvgIpc) is 2.66. The highest BCUT2D eigenvalue weighted by atomic mass is 35.5. The van der Waals surface area contributed by atoms with E-state index in [0.29, 0.717) is 6.07 Å². The highest BCUT2D eigenvalue weighted by molar-refractivity contribution is 6.35. The standard InChI is InChI=1S/C22H21ClF3N3O3/c1-5-16(27-21(31)32-22(2,3)4)19-28-18-14(23)6-7-15(26)17(18)20(30)29(19)13-9-11(24)8-12(25)10-13/h6-10,16H,5H2,1-4H3,(H,27,31). The topological polar surface area (TPSA) is 73.2 Å². The number of ether oxygens (including phenoxy) is 1. The van der Waals surface area contributed by atoms with E-state index in [9.17, 15) is 22.8 Å². The van der Waals surface area contributed by atoms with Gasteiger partial charge in [-0.25, -0.2) is 22.9 Å². The maximum absolute atomic E-state index is 14.5. The van der Waals surface area contributed by atoms with Gasteiger partial charge in [0.2, 0.25) is 0 Å². The van der Waals surface area contributed by atoms with Crippen LogP contribution in [0.3, 0.4) is 0 Å². The molecule has 2 aromatic carbocycles. The van der Waals surface area contributed by atoms with Gasteiger partial charge < -0.3 is 10.1 Å². The Hall–Kier alpha value is -3.07. The van der Waals surface area contributed by atoms with Crippen LogP contribution in [0.25, 0.3) is 16.6 Å².